The molecule has 0 aliphatic heterocycles. The summed E-state index contributed by atoms with van der Waals surface area (Å²) in [7, 11) is 8.50. The highest BCUT2D eigenvalue weighted by atomic mass is 15.2. The first-order valence-corrected chi connectivity index (χ1v) is 12.3. The minimum atomic E-state index is -1.32. The van der Waals surface area contributed by atoms with E-state index >= 15 is 0 Å². The third-order valence-corrected chi connectivity index (χ3v) is 6.62. The summed E-state index contributed by atoms with van der Waals surface area (Å²) in [5, 5.41) is 0. The van der Waals surface area contributed by atoms with Crippen LogP contribution in [-0.2, 0) is 0 Å². The Hall–Kier alpha value is -3.10. The SMILES string of the molecule is C[N+](C)(C)C.Cc1ccccc1[B-](c1ccccc1C)(c1ccccc1C)c1ccccc1C. The van der Waals surface area contributed by atoms with E-state index in [1.807, 2.05) is 0 Å². The summed E-state index contributed by atoms with van der Waals surface area (Å²) in [6.45, 7) is 9.00. The molecule has 1 nitrogen and oxygen atoms in total. The molecule has 2 heteroatoms. The van der Waals surface area contributed by atoms with Crippen LogP contribution in [0.4, 0.5) is 0 Å². The minimum absolute atomic E-state index is 1.00. The van der Waals surface area contributed by atoms with Crippen molar-refractivity contribution in [1.29, 1.82) is 0 Å². The minimum Gasteiger partial charge on any atom is -0.333 e. The molecule has 4 aromatic carbocycles. The maximum absolute atomic E-state index is 2.33. The summed E-state index contributed by atoms with van der Waals surface area (Å²) >= 11 is 0. The van der Waals surface area contributed by atoms with E-state index in [2.05, 4.69) is 153 Å². The molecule has 0 bridgehead atoms. The highest BCUT2D eigenvalue weighted by Gasteiger charge is 2.35. The van der Waals surface area contributed by atoms with Gasteiger partial charge in [-0.1, -0.05) is 119 Å². The Morgan fingerprint density at radius 3 is 0.735 bits per heavy atom. The number of benzene rings is 4. The van der Waals surface area contributed by atoms with Crippen molar-refractivity contribution in [3.63, 3.8) is 0 Å². The summed E-state index contributed by atoms with van der Waals surface area (Å²) < 4.78 is 1.00. The van der Waals surface area contributed by atoms with Crippen LogP contribution >= 0.6 is 0 Å². The van der Waals surface area contributed by atoms with Crippen molar-refractivity contribution in [3.8, 4) is 0 Å². The van der Waals surface area contributed by atoms with Gasteiger partial charge in [-0.25, -0.2) is 0 Å². The van der Waals surface area contributed by atoms with Crippen LogP contribution in [0.2, 0.25) is 0 Å². The van der Waals surface area contributed by atoms with Gasteiger partial charge in [0.2, 0.25) is 0 Å². The van der Waals surface area contributed by atoms with Gasteiger partial charge in [0.05, 0.1) is 28.2 Å². The predicted octanol–water partition coefficient (Wildman–Crippen LogP) is 4.62. The molecule has 0 saturated carbocycles. The molecule has 34 heavy (non-hydrogen) atoms. The molecule has 0 aromatic heterocycles. The first-order valence-electron chi connectivity index (χ1n) is 12.3. The molecular formula is C32H40BN. The second kappa shape index (κ2) is 10.4. The fourth-order valence-corrected chi connectivity index (χ4v) is 5.30. The third kappa shape index (κ3) is 5.34. The number of hydrogen-bond donors (Lipinski definition) is 0. The van der Waals surface area contributed by atoms with Crippen molar-refractivity contribution >= 4 is 28.0 Å². The molecule has 0 aliphatic carbocycles. The Bertz CT molecular complexity index is 1060. The van der Waals surface area contributed by atoms with E-state index < -0.39 is 6.15 Å². The normalized spacial score (nSPS) is 11.5. The van der Waals surface area contributed by atoms with Crippen LogP contribution in [0.15, 0.2) is 97.1 Å². The number of quaternary nitrogens is 1. The summed E-state index contributed by atoms with van der Waals surface area (Å²) in [4.78, 5) is 0. The van der Waals surface area contributed by atoms with Crippen molar-refractivity contribution in [1.82, 2.24) is 0 Å². The predicted molar refractivity (Wildman–Crippen MR) is 153 cm³/mol. The summed E-state index contributed by atoms with van der Waals surface area (Å²) in [5.41, 5.74) is 11.0. The van der Waals surface area contributed by atoms with Gasteiger partial charge < -0.3 is 4.48 Å². The molecule has 0 N–H and O–H groups in total. The number of rotatable bonds is 4. The maximum atomic E-state index is 2.33. The lowest BCUT2D eigenvalue weighted by atomic mass is 9.11. The second-order valence-electron chi connectivity index (χ2n) is 11.0. The van der Waals surface area contributed by atoms with Crippen LogP contribution in [0.3, 0.4) is 0 Å². The lowest BCUT2D eigenvalue weighted by Gasteiger charge is -2.48. The largest absolute Gasteiger partial charge is 0.333 e. The molecule has 0 unspecified atom stereocenters. The van der Waals surface area contributed by atoms with Gasteiger partial charge in [0, 0.05) is 0 Å². The standard InChI is InChI=1S/C28H28B.C4H12N/c1-21-13-5-9-17-25(21)29(26-18-10-6-14-22(26)2,27-19-11-7-15-23(27)3)28-20-12-8-16-24(28)4;1-5(2,3)4/h5-20H,1-4H3;1-4H3/q-1;+1. The van der Waals surface area contributed by atoms with Crippen molar-refractivity contribution in [2.75, 3.05) is 28.2 Å². The average molecular weight is 449 g/mol. The topological polar surface area (TPSA) is 0 Å². The van der Waals surface area contributed by atoms with Gasteiger partial charge >= 0.3 is 0 Å². The van der Waals surface area contributed by atoms with Crippen LogP contribution < -0.4 is 21.9 Å². The summed E-state index contributed by atoms with van der Waals surface area (Å²) in [5.74, 6) is 0. The van der Waals surface area contributed by atoms with Gasteiger partial charge in [-0.2, -0.15) is 21.9 Å². The van der Waals surface area contributed by atoms with E-state index in [0.29, 0.717) is 0 Å². The highest BCUT2D eigenvalue weighted by molar-refractivity contribution is 7.20. The highest BCUT2D eigenvalue weighted by Crippen LogP contribution is 2.16. The van der Waals surface area contributed by atoms with Crippen molar-refractivity contribution in [2.45, 2.75) is 27.7 Å². The first kappa shape index (κ1) is 25.5. The van der Waals surface area contributed by atoms with Crippen LogP contribution in [0.25, 0.3) is 0 Å². The van der Waals surface area contributed by atoms with Crippen LogP contribution in [0.1, 0.15) is 22.3 Å². The zero-order valence-electron chi connectivity index (χ0n) is 22.3. The summed E-state index contributed by atoms with van der Waals surface area (Å²) in [6.07, 6.45) is -1.32. The molecule has 0 atom stereocenters. The monoisotopic (exact) mass is 449 g/mol. The van der Waals surface area contributed by atoms with E-state index in [-0.39, 0.29) is 0 Å². The van der Waals surface area contributed by atoms with Gasteiger partial charge in [-0.05, 0) is 27.7 Å². The smallest absolute Gasteiger partial charge is 0.109 e. The Labute approximate surface area is 207 Å². The van der Waals surface area contributed by atoms with E-state index in [0.717, 1.165) is 4.48 Å². The van der Waals surface area contributed by atoms with E-state index in [4.69, 9.17) is 0 Å². The fourth-order valence-electron chi connectivity index (χ4n) is 5.30. The maximum Gasteiger partial charge on any atom is 0.109 e. The second-order valence-corrected chi connectivity index (χ2v) is 11.0. The molecular weight excluding hydrogens is 409 g/mol. The molecule has 4 rings (SSSR count). The quantitative estimate of drug-likeness (QED) is 0.315. The van der Waals surface area contributed by atoms with Crippen LogP contribution in [0.5, 0.6) is 0 Å². The van der Waals surface area contributed by atoms with Crippen molar-refractivity contribution in [2.24, 2.45) is 0 Å². The molecule has 0 amide bonds. The number of hydrogen-bond acceptors (Lipinski definition) is 0. The van der Waals surface area contributed by atoms with Crippen molar-refractivity contribution in [3.05, 3.63) is 119 Å². The molecule has 0 heterocycles. The molecule has 0 aliphatic rings. The zero-order chi connectivity index (χ0) is 24.9. The van der Waals surface area contributed by atoms with E-state index in [9.17, 15) is 0 Å². The molecule has 176 valence electrons. The van der Waals surface area contributed by atoms with Crippen LogP contribution in [-0.4, -0.2) is 38.8 Å². The lowest BCUT2D eigenvalue weighted by Crippen LogP contribution is -2.76. The fraction of sp³-hybridized carbons (Fsp3) is 0.250. The summed E-state index contributed by atoms with van der Waals surface area (Å²) in [6, 6.07) is 35.7. The van der Waals surface area contributed by atoms with Gasteiger partial charge in [0.1, 0.15) is 6.15 Å². The van der Waals surface area contributed by atoms with Crippen LogP contribution in [0, 0.1) is 27.7 Å². The van der Waals surface area contributed by atoms with Gasteiger partial charge in [-0.3, -0.25) is 0 Å². The van der Waals surface area contributed by atoms with Gasteiger partial charge in [-0.15, -0.1) is 0 Å². The molecule has 0 radical (unpaired) electrons. The number of aryl methyl sites for hydroxylation is 4. The number of nitrogens with zero attached hydrogens (tertiary/aromatic N) is 1. The molecule has 0 saturated heterocycles. The van der Waals surface area contributed by atoms with Gasteiger partial charge in [0.25, 0.3) is 0 Å². The lowest BCUT2D eigenvalue weighted by molar-refractivity contribution is -0.849. The van der Waals surface area contributed by atoms with E-state index in [1.54, 1.807) is 0 Å². The molecule has 4 aromatic rings. The zero-order valence-corrected chi connectivity index (χ0v) is 22.3. The molecule has 0 spiro atoms. The van der Waals surface area contributed by atoms with Crippen molar-refractivity contribution < 1.29 is 4.48 Å². The van der Waals surface area contributed by atoms with Gasteiger partial charge in [0.15, 0.2) is 0 Å². The Kier molecular flexibility index (Phi) is 7.84. The average Bonchev–Trinajstić information content (AvgIpc) is 2.77. The Morgan fingerprint density at radius 2 is 0.559 bits per heavy atom. The van der Waals surface area contributed by atoms with E-state index in [1.165, 1.54) is 44.1 Å². The first-order chi connectivity index (χ1) is 16.1. The Balaban J connectivity index is 0.000000588. The Morgan fingerprint density at radius 1 is 0.382 bits per heavy atom. The third-order valence-electron chi connectivity index (χ3n) is 6.62. The molecule has 0 fully saturated rings.